The van der Waals surface area contributed by atoms with Crippen LogP contribution >= 0.6 is 0 Å². The van der Waals surface area contributed by atoms with Gasteiger partial charge in [0.25, 0.3) is 0 Å². The van der Waals surface area contributed by atoms with Crippen molar-refractivity contribution in [2.45, 2.75) is 50.7 Å². The Morgan fingerprint density at radius 1 is 0.886 bits per heavy atom. The predicted molar refractivity (Wildman–Crippen MR) is 136 cm³/mol. The molecule has 6 heteroatoms. The first kappa shape index (κ1) is 23.5. The Morgan fingerprint density at radius 3 is 2.29 bits per heavy atom. The lowest BCUT2D eigenvalue weighted by atomic mass is 10.0. The van der Waals surface area contributed by atoms with E-state index in [1.807, 2.05) is 42.5 Å². The molecule has 2 aliphatic rings. The fourth-order valence-corrected chi connectivity index (χ4v) is 4.67. The zero-order valence-electron chi connectivity index (χ0n) is 20.1. The molecule has 5 rings (SSSR count). The molecule has 0 unspecified atom stereocenters. The molecule has 6 nitrogen and oxygen atoms in total. The highest BCUT2D eigenvalue weighted by molar-refractivity contribution is 5.84. The molecular weight excluding hydrogens is 440 g/mol. The molecule has 0 bridgehead atoms. The lowest BCUT2D eigenvalue weighted by molar-refractivity contribution is 0.00854. The van der Waals surface area contributed by atoms with Gasteiger partial charge in [0.1, 0.15) is 12.2 Å². The highest BCUT2D eigenvalue weighted by Crippen LogP contribution is 2.29. The van der Waals surface area contributed by atoms with Gasteiger partial charge in [-0.15, -0.1) is 0 Å². The number of amides is 1. The van der Waals surface area contributed by atoms with E-state index >= 15 is 0 Å². The van der Waals surface area contributed by atoms with Crippen LogP contribution in [0.3, 0.4) is 0 Å². The maximum absolute atomic E-state index is 12.4. The molecule has 0 spiro atoms. The van der Waals surface area contributed by atoms with Crippen LogP contribution in [-0.2, 0) is 20.8 Å². The van der Waals surface area contributed by atoms with Crippen molar-refractivity contribution in [1.29, 1.82) is 0 Å². The van der Waals surface area contributed by atoms with Crippen LogP contribution in [0.1, 0.15) is 30.9 Å². The zero-order valence-corrected chi connectivity index (χ0v) is 20.1. The van der Waals surface area contributed by atoms with E-state index in [2.05, 4.69) is 60.9 Å². The first-order valence-corrected chi connectivity index (χ1v) is 12.3. The van der Waals surface area contributed by atoms with Gasteiger partial charge in [-0.05, 0) is 40.3 Å². The van der Waals surface area contributed by atoms with Gasteiger partial charge in [0.15, 0.2) is 6.10 Å². The van der Waals surface area contributed by atoms with Crippen molar-refractivity contribution in [3.8, 4) is 11.1 Å². The largest absolute Gasteiger partial charge is 0.441 e. The molecular formula is C29H32N2O4. The molecule has 182 valence electrons. The molecule has 3 aromatic carbocycles. The predicted octanol–water partition coefficient (Wildman–Crippen LogP) is 5.35. The number of hydrogen-bond acceptors (Lipinski definition) is 5. The second-order valence-electron chi connectivity index (χ2n) is 9.49. The van der Waals surface area contributed by atoms with E-state index in [4.69, 9.17) is 14.2 Å². The zero-order chi connectivity index (χ0) is 24.2. The molecule has 2 aliphatic heterocycles. The summed E-state index contributed by atoms with van der Waals surface area (Å²) in [6, 6.07) is 26.8. The third kappa shape index (κ3) is 5.56. The van der Waals surface area contributed by atoms with Crippen molar-refractivity contribution in [1.82, 2.24) is 5.32 Å². The Hall–Kier alpha value is -3.19. The monoisotopic (exact) mass is 472 g/mol. The van der Waals surface area contributed by atoms with Crippen LogP contribution in [0.4, 0.5) is 10.5 Å². The van der Waals surface area contributed by atoms with Crippen molar-refractivity contribution in [2.75, 3.05) is 18.5 Å². The molecule has 0 aromatic heterocycles. The Balaban J connectivity index is 1.10. The van der Waals surface area contributed by atoms with Gasteiger partial charge in [0, 0.05) is 12.2 Å². The number of hydrogen-bond donors (Lipinski definition) is 2. The molecule has 2 saturated heterocycles. The summed E-state index contributed by atoms with van der Waals surface area (Å²) in [6.45, 7) is 5.85. The van der Waals surface area contributed by atoms with Crippen molar-refractivity contribution >= 4 is 11.8 Å². The number of carbonyl (C=O) groups excluding carboxylic acids is 1. The number of nitrogens with one attached hydrogen (secondary N) is 2. The third-order valence-corrected chi connectivity index (χ3v) is 6.72. The topological polar surface area (TPSA) is 68.8 Å². The SMILES string of the molecule is CC(C)c1ccc(NC(=O)O[C@H]2CO[C@@H]3[C@@H]2OC[C@@H]3NCc2ccc(-c3ccccc3)cc2)cc1. The molecule has 2 fully saturated rings. The van der Waals surface area contributed by atoms with Crippen LogP contribution in [0.25, 0.3) is 11.1 Å². The van der Waals surface area contributed by atoms with Crippen LogP contribution in [0.5, 0.6) is 0 Å². The second-order valence-corrected chi connectivity index (χ2v) is 9.49. The first-order valence-electron chi connectivity index (χ1n) is 12.3. The summed E-state index contributed by atoms with van der Waals surface area (Å²) in [5, 5.41) is 6.35. The molecule has 0 aliphatic carbocycles. The average Bonchev–Trinajstić information content (AvgIpc) is 3.47. The maximum Gasteiger partial charge on any atom is 0.412 e. The fourth-order valence-electron chi connectivity index (χ4n) is 4.67. The number of anilines is 1. The normalized spacial score (nSPS) is 23.3. The molecule has 0 saturated carbocycles. The van der Waals surface area contributed by atoms with Crippen LogP contribution in [-0.4, -0.2) is 43.7 Å². The molecule has 0 radical (unpaired) electrons. The van der Waals surface area contributed by atoms with Gasteiger partial charge in [-0.3, -0.25) is 5.32 Å². The fraction of sp³-hybridized carbons (Fsp3) is 0.345. The lowest BCUT2D eigenvalue weighted by Crippen LogP contribution is -2.41. The Morgan fingerprint density at radius 2 is 1.57 bits per heavy atom. The van der Waals surface area contributed by atoms with E-state index in [0.717, 1.165) is 0 Å². The van der Waals surface area contributed by atoms with Crippen LogP contribution < -0.4 is 10.6 Å². The smallest absolute Gasteiger partial charge is 0.412 e. The van der Waals surface area contributed by atoms with Gasteiger partial charge in [-0.25, -0.2) is 4.79 Å². The highest BCUT2D eigenvalue weighted by Gasteiger charge is 2.49. The van der Waals surface area contributed by atoms with Gasteiger partial charge >= 0.3 is 6.09 Å². The van der Waals surface area contributed by atoms with Gasteiger partial charge in [0.2, 0.25) is 0 Å². The maximum atomic E-state index is 12.4. The van der Waals surface area contributed by atoms with Crippen LogP contribution in [0, 0.1) is 0 Å². The number of benzene rings is 3. The summed E-state index contributed by atoms with van der Waals surface area (Å²) >= 11 is 0. The first-order chi connectivity index (χ1) is 17.1. The third-order valence-electron chi connectivity index (χ3n) is 6.72. The van der Waals surface area contributed by atoms with E-state index in [1.165, 1.54) is 22.3 Å². The molecule has 2 heterocycles. The Bertz CT molecular complexity index is 1120. The van der Waals surface area contributed by atoms with E-state index in [-0.39, 0.29) is 18.2 Å². The van der Waals surface area contributed by atoms with Gasteiger partial charge in [0.05, 0.1) is 19.3 Å². The van der Waals surface area contributed by atoms with E-state index < -0.39 is 12.2 Å². The minimum atomic E-state index is -0.491. The van der Waals surface area contributed by atoms with Crippen LogP contribution in [0.2, 0.25) is 0 Å². The lowest BCUT2D eigenvalue weighted by Gasteiger charge is -2.18. The van der Waals surface area contributed by atoms with E-state index in [0.29, 0.717) is 31.4 Å². The van der Waals surface area contributed by atoms with Gasteiger partial charge < -0.3 is 19.5 Å². The van der Waals surface area contributed by atoms with Gasteiger partial charge in [-0.2, -0.15) is 0 Å². The van der Waals surface area contributed by atoms with Crippen molar-refractivity contribution < 1.29 is 19.0 Å². The number of fused-ring (bicyclic) bond motifs is 1. The summed E-state index contributed by atoms with van der Waals surface area (Å²) < 4.78 is 17.6. The Kier molecular flexibility index (Phi) is 7.13. The summed E-state index contributed by atoms with van der Waals surface area (Å²) in [7, 11) is 0. The molecule has 2 N–H and O–H groups in total. The average molecular weight is 473 g/mol. The van der Waals surface area contributed by atoms with E-state index in [1.54, 1.807) is 0 Å². The molecule has 1 amide bonds. The minimum absolute atomic E-state index is 0.0500. The quantitative estimate of drug-likeness (QED) is 0.485. The number of rotatable bonds is 7. The summed E-state index contributed by atoms with van der Waals surface area (Å²) in [5.74, 6) is 0.443. The summed E-state index contributed by atoms with van der Waals surface area (Å²) in [6.07, 6.45) is -1.31. The minimum Gasteiger partial charge on any atom is -0.441 e. The van der Waals surface area contributed by atoms with Crippen molar-refractivity contribution in [3.05, 3.63) is 90.0 Å². The number of carbonyl (C=O) groups is 1. The molecule has 35 heavy (non-hydrogen) atoms. The van der Waals surface area contributed by atoms with Gasteiger partial charge in [-0.1, -0.05) is 80.6 Å². The van der Waals surface area contributed by atoms with Crippen molar-refractivity contribution in [3.63, 3.8) is 0 Å². The summed E-state index contributed by atoms with van der Waals surface area (Å²) in [5.41, 5.74) is 5.54. The molecule has 4 atom stereocenters. The highest BCUT2D eigenvalue weighted by atomic mass is 16.6. The summed E-state index contributed by atoms with van der Waals surface area (Å²) in [4.78, 5) is 12.4. The Labute approximate surface area is 206 Å². The van der Waals surface area contributed by atoms with Crippen LogP contribution in [0.15, 0.2) is 78.9 Å². The molecule has 3 aromatic rings. The van der Waals surface area contributed by atoms with Crippen molar-refractivity contribution in [2.24, 2.45) is 0 Å². The standard InChI is InChI=1S/C29H32N2O4/c1-19(2)21-12-14-24(15-13-21)31-29(32)35-26-18-34-27-25(17-33-28(26)27)30-16-20-8-10-23(11-9-20)22-6-4-3-5-7-22/h3-15,19,25-28,30H,16-18H2,1-2H3,(H,31,32)/t25-,26-,27-,28+/m0/s1. The second kappa shape index (κ2) is 10.6. The van der Waals surface area contributed by atoms with E-state index in [9.17, 15) is 4.79 Å². The number of ether oxygens (including phenoxy) is 3.